The molecule has 1 saturated carbocycles. The summed E-state index contributed by atoms with van der Waals surface area (Å²) in [6.45, 7) is 12.0. The molecule has 0 radical (unpaired) electrons. The summed E-state index contributed by atoms with van der Waals surface area (Å²) in [7, 11) is -0.215. The van der Waals surface area contributed by atoms with Crippen molar-refractivity contribution in [1.82, 2.24) is 0 Å². The van der Waals surface area contributed by atoms with Crippen LogP contribution in [-0.4, -0.2) is 39.5 Å². The summed E-state index contributed by atoms with van der Waals surface area (Å²) in [5.41, 5.74) is 5.30. The molecule has 1 aliphatic rings. The third kappa shape index (κ3) is 5.73. The van der Waals surface area contributed by atoms with Crippen molar-refractivity contribution in [3.05, 3.63) is 112 Å². The van der Waals surface area contributed by atoms with Crippen LogP contribution in [0.5, 0.6) is 0 Å². The first-order valence-corrected chi connectivity index (χ1v) is 22.3. The normalized spacial score (nSPS) is 18.8. The second kappa shape index (κ2) is 11.2. The quantitative estimate of drug-likeness (QED) is 0.245. The maximum atomic E-state index is 12.8. The molecular weight excluding hydrogens is 575 g/mol. The van der Waals surface area contributed by atoms with Crippen LogP contribution in [0, 0.1) is 5.92 Å². The third-order valence-electron chi connectivity index (χ3n) is 8.43. The number of ether oxygens (including phenoxy) is 1. The SMILES string of the molecule is COC(=O)C1CC(=C/[Si](C)(C)C(C)(C)C)/C(=[CH]\[Sn]([c]2ccccc2)([c]2ccccc2)[c]2ccccc2)C1. The van der Waals surface area contributed by atoms with Crippen LogP contribution in [0.1, 0.15) is 33.6 Å². The molecule has 1 atom stereocenters. The Morgan fingerprint density at radius 3 is 1.57 bits per heavy atom. The van der Waals surface area contributed by atoms with Crippen molar-refractivity contribution >= 4 is 43.2 Å². The molecule has 4 heteroatoms. The van der Waals surface area contributed by atoms with E-state index in [-0.39, 0.29) is 16.9 Å². The van der Waals surface area contributed by atoms with Crippen molar-refractivity contribution < 1.29 is 9.53 Å². The van der Waals surface area contributed by atoms with Gasteiger partial charge in [-0.1, -0.05) is 0 Å². The second-order valence-corrected chi connectivity index (χ2v) is 27.5. The van der Waals surface area contributed by atoms with Gasteiger partial charge in [-0.05, 0) is 0 Å². The molecule has 3 aromatic carbocycles. The van der Waals surface area contributed by atoms with Crippen LogP contribution < -0.4 is 10.7 Å². The molecule has 3 aromatic rings. The van der Waals surface area contributed by atoms with Gasteiger partial charge in [0.1, 0.15) is 0 Å². The zero-order valence-corrected chi connectivity index (χ0v) is 27.0. The van der Waals surface area contributed by atoms with E-state index in [2.05, 4.69) is 135 Å². The van der Waals surface area contributed by atoms with E-state index < -0.39 is 26.5 Å². The summed E-state index contributed by atoms with van der Waals surface area (Å²) < 4.78 is 12.2. The number of allylic oxidation sites excluding steroid dienone is 2. The van der Waals surface area contributed by atoms with Gasteiger partial charge in [-0.15, -0.1) is 0 Å². The van der Waals surface area contributed by atoms with E-state index in [4.69, 9.17) is 4.74 Å². The van der Waals surface area contributed by atoms with Crippen molar-refractivity contribution in [1.29, 1.82) is 0 Å². The Morgan fingerprint density at radius 2 is 1.19 bits per heavy atom. The van der Waals surface area contributed by atoms with Gasteiger partial charge in [0, 0.05) is 0 Å². The minimum atomic E-state index is -3.63. The van der Waals surface area contributed by atoms with Crippen molar-refractivity contribution in [2.24, 2.45) is 5.92 Å². The van der Waals surface area contributed by atoms with Crippen LogP contribution in [-0.2, 0) is 9.53 Å². The zero-order chi connectivity index (χ0) is 26.7. The van der Waals surface area contributed by atoms with E-state index in [1.807, 2.05) is 0 Å². The molecule has 2 nitrogen and oxygen atoms in total. The summed E-state index contributed by atoms with van der Waals surface area (Å²) in [6.07, 6.45) is 1.52. The topological polar surface area (TPSA) is 26.3 Å². The predicted molar refractivity (Wildman–Crippen MR) is 162 cm³/mol. The maximum absolute atomic E-state index is 12.8. The summed E-state index contributed by atoms with van der Waals surface area (Å²) in [5.74, 6) is -0.206. The van der Waals surface area contributed by atoms with Crippen LogP contribution in [0.3, 0.4) is 0 Å². The third-order valence-corrected chi connectivity index (χ3v) is 26.2. The van der Waals surface area contributed by atoms with Crippen LogP contribution in [0.2, 0.25) is 18.1 Å². The molecule has 0 aromatic heterocycles. The van der Waals surface area contributed by atoms with Gasteiger partial charge in [0.05, 0.1) is 0 Å². The first-order chi connectivity index (χ1) is 17.6. The molecule has 0 N–H and O–H groups in total. The molecule has 0 spiro atoms. The number of benzene rings is 3. The van der Waals surface area contributed by atoms with E-state index in [0.717, 1.165) is 12.8 Å². The molecule has 0 heterocycles. The minimum absolute atomic E-state index is 0.0931. The fourth-order valence-electron chi connectivity index (χ4n) is 5.27. The molecule has 1 aliphatic carbocycles. The summed E-state index contributed by atoms with van der Waals surface area (Å²) >= 11 is -3.63. The number of hydrogen-bond donors (Lipinski definition) is 0. The zero-order valence-electron chi connectivity index (χ0n) is 23.1. The Hall–Kier alpha value is -2.37. The van der Waals surface area contributed by atoms with Gasteiger partial charge in [0.2, 0.25) is 0 Å². The van der Waals surface area contributed by atoms with E-state index in [9.17, 15) is 4.79 Å². The molecule has 0 bridgehead atoms. The average Bonchev–Trinajstić information content (AvgIpc) is 3.29. The van der Waals surface area contributed by atoms with E-state index in [1.54, 1.807) is 0 Å². The second-order valence-electron chi connectivity index (χ2n) is 11.8. The summed E-state index contributed by atoms with van der Waals surface area (Å²) in [4.78, 5) is 12.8. The van der Waals surface area contributed by atoms with E-state index in [0.29, 0.717) is 0 Å². The molecule has 1 fully saturated rings. The first kappa shape index (κ1) is 27.7. The van der Waals surface area contributed by atoms with Crippen LogP contribution in [0.4, 0.5) is 0 Å². The Kier molecular flexibility index (Phi) is 8.34. The number of rotatable bonds is 6. The molecular formula is C33H40O2SiSn. The van der Waals surface area contributed by atoms with E-state index in [1.165, 1.54) is 29.0 Å². The molecule has 0 amide bonds. The van der Waals surface area contributed by atoms with Gasteiger partial charge in [-0.2, -0.15) is 0 Å². The fourth-order valence-corrected chi connectivity index (χ4v) is 19.7. The van der Waals surface area contributed by atoms with Gasteiger partial charge >= 0.3 is 229 Å². The van der Waals surface area contributed by atoms with Gasteiger partial charge in [0.15, 0.2) is 0 Å². The molecule has 4 rings (SSSR count). The number of esters is 1. The van der Waals surface area contributed by atoms with Crippen molar-refractivity contribution in [3.8, 4) is 0 Å². The van der Waals surface area contributed by atoms with Crippen molar-refractivity contribution in [2.45, 2.75) is 51.7 Å². The van der Waals surface area contributed by atoms with E-state index >= 15 is 0 Å². The summed E-state index contributed by atoms with van der Waals surface area (Å²) in [6, 6.07) is 33.2. The summed E-state index contributed by atoms with van der Waals surface area (Å²) in [5, 5.41) is 0.229. The Morgan fingerprint density at radius 1 is 0.784 bits per heavy atom. The van der Waals surface area contributed by atoms with Crippen molar-refractivity contribution in [3.63, 3.8) is 0 Å². The average molecular weight is 615 g/mol. The molecule has 0 saturated heterocycles. The number of carbonyl (C=O) groups is 1. The van der Waals surface area contributed by atoms with Crippen LogP contribution in [0.15, 0.2) is 112 Å². The Bertz CT molecular complexity index is 1180. The Balaban J connectivity index is 2.03. The van der Waals surface area contributed by atoms with Gasteiger partial charge in [-0.3, -0.25) is 0 Å². The molecule has 192 valence electrons. The van der Waals surface area contributed by atoms with Gasteiger partial charge < -0.3 is 0 Å². The first-order valence-electron chi connectivity index (χ1n) is 13.3. The molecule has 1 unspecified atom stereocenters. The van der Waals surface area contributed by atoms with Crippen LogP contribution >= 0.6 is 0 Å². The Labute approximate surface area is 228 Å². The fraction of sp³-hybridized carbons (Fsp3) is 0.303. The monoisotopic (exact) mass is 616 g/mol. The molecule has 37 heavy (non-hydrogen) atoms. The van der Waals surface area contributed by atoms with Gasteiger partial charge in [-0.25, -0.2) is 0 Å². The standard InChI is InChI=1S/C15H25O2Si.3C6H5.Sn/c1-11-8-12(14(16)17-5)9-13(11)10-18(6,7)15(2,3)4;3*1-2-4-6-5-3-1;/h1,10,12H,8-9H2,2-7H3;3*1-5H;/b11-1?,13-10-;;;;. The van der Waals surface area contributed by atoms with Crippen LogP contribution in [0.25, 0.3) is 0 Å². The van der Waals surface area contributed by atoms with Gasteiger partial charge in [0.25, 0.3) is 0 Å². The number of methoxy groups -OCH3 is 1. The predicted octanol–water partition coefficient (Wildman–Crippen LogP) is 6.18. The number of hydrogen-bond acceptors (Lipinski definition) is 2. The number of carbonyl (C=O) groups excluding carboxylic acids is 1. The molecule has 0 aliphatic heterocycles. The van der Waals surface area contributed by atoms with Crippen molar-refractivity contribution in [2.75, 3.05) is 7.11 Å².